The highest BCUT2D eigenvalue weighted by Crippen LogP contribution is 2.21. The molecule has 0 saturated heterocycles. The highest BCUT2D eigenvalue weighted by atomic mass is 16.5. The second-order valence-electron chi connectivity index (χ2n) is 5.45. The summed E-state index contributed by atoms with van der Waals surface area (Å²) in [7, 11) is 1.60. The Labute approximate surface area is 129 Å². The second kappa shape index (κ2) is 5.51. The SMILES string of the molecule is CCCn1c(=O)c2[n+](c3nc(OC)ccc31)C(CC)=NC2C. The second-order valence-corrected chi connectivity index (χ2v) is 5.45. The van der Waals surface area contributed by atoms with Crippen molar-refractivity contribution in [3.8, 4) is 5.88 Å². The summed E-state index contributed by atoms with van der Waals surface area (Å²) in [5.41, 5.74) is 2.29. The average molecular weight is 301 g/mol. The molecule has 0 radical (unpaired) electrons. The van der Waals surface area contributed by atoms with Crippen LogP contribution in [0.5, 0.6) is 5.88 Å². The maximum Gasteiger partial charge on any atom is 0.295 e. The summed E-state index contributed by atoms with van der Waals surface area (Å²) in [6.45, 7) is 6.73. The molecule has 2 aromatic heterocycles. The molecule has 1 atom stereocenters. The Kier molecular flexibility index (Phi) is 3.68. The zero-order valence-electron chi connectivity index (χ0n) is 13.5. The normalized spacial score (nSPS) is 16.7. The minimum absolute atomic E-state index is 0.0287. The van der Waals surface area contributed by atoms with Gasteiger partial charge in [-0.25, -0.2) is 0 Å². The van der Waals surface area contributed by atoms with Gasteiger partial charge in [-0.15, -0.1) is 4.99 Å². The van der Waals surface area contributed by atoms with E-state index >= 15 is 0 Å². The molecular weight excluding hydrogens is 280 g/mol. The molecule has 3 heterocycles. The predicted molar refractivity (Wildman–Crippen MR) is 84.6 cm³/mol. The number of pyridine rings is 1. The molecular formula is C16H21N4O2+. The highest BCUT2D eigenvalue weighted by Gasteiger charge is 2.35. The molecule has 1 unspecified atom stereocenters. The molecule has 6 heteroatoms. The lowest BCUT2D eigenvalue weighted by atomic mass is 10.2. The van der Waals surface area contributed by atoms with E-state index in [2.05, 4.69) is 16.9 Å². The molecule has 0 aliphatic carbocycles. The van der Waals surface area contributed by atoms with E-state index in [0.29, 0.717) is 18.1 Å². The molecule has 0 bridgehead atoms. The third-order valence-electron chi connectivity index (χ3n) is 4.01. The smallest absolute Gasteiger partial charge is 0.295 e. The Balaban J connectivity index is 2.45. The van der Waals surface area contributed by atoms with Gasteiger partial charge >= 0.3 is 0 Å². The van der Waals surface area contributed by atoms with Crippen LogP contribution in [0.2, 0.25) is 0 Å². The number of fused-ring (bicyclic) bond motifs is 3. The van der Waals surface area contributed by atoms with E-state index in [0.717, 1.165) is 29.8 Å². The zero-order chi connectivity index (χ0) is 15.9. The maximum absolute atomic E-state index is 12.9. The van der Waals surface area contributed by atoms with E-state index in [9.17, 15) is 4.79 Å². The number of hydrogen-bond donors (Lipinski definition) is 0. The quantitative estimate of drug-likeness (QED) is 0.810. The Morgan fingerprint density at radius 2 is 2.14 bits per heavy atom. The van der Waals surface area contributed by atoms with Crippen LogP contribution in [0.3, 0.4) is 0 Å². The number of nitrogens with zero attached hydrogens (tertiary/aromatic N) is 4. The third kappa shape index (κ3) is 2.01. The summed E-state index contributed by atoms with van der Waals surface area (Å²) < 4.78 is 8.97. The highest BCUT2D eigenvalue weighted by molar-refractivity contribution is 5.80. The number of aryl methyl sites for hydroxylation is 1. The van der Waals surface area contributed by atoms with Crippen molar-refractivity contribution in [1.82, 2.24) is 9.55 Å². The predicted octanol–water partition coefficient (Wildman–Crippen LogP) is 1.83. The first-order valence-electron chi connectivity index (χ1n) is 7.72. The minimum atomic E-state index is -0.136. The van der Waals surface area contributed by atoms with E-state index in [1.807, 2.05) is 24.5 Å². The van der Waals surface area contributed by atoms with Crippen molar-refractivity contribution >= 4 is 17.0 Å². The van der Waals surface area contributed by atoms with Crippen molar-refractivity contribution < 1.29 is 9.30 Å². The lowest BCUT2D eigenvalue weighted by Gasteiger charge is -2.11. The number of ether oxygens (including phenoxy) is 1. The first kappa shape index (κ1) is 14.7. The van der Waals surface area contributed by atoms with Crippen LogP contribution in [0.25, 0.3) is 11.2 Å². The average Bonchev–Trinajstić information content (AvgIpc) is 2.88. The van der Waals surface area contributed by atoms with Crippen molar-refractivity contribution in [2.24, 2.45) is 4.99 Å². The van der Waals surface area contributed by atoms with Gasteiger partial charge in [-0.05, 0) is 19.4 Å². The van der Waals surface area contributed by atoms with Crippen molar-refractivity contribution in [3.63, 3.8) is 0 Å². The molecule has 1 aliphatic heterocycles. The molecule has 1 aliphatic rings. The maximum atomic E-state index is 12.9. The summed E-state index contributed by atoms with van der Waals surface area (Å²) in [4.78, 5) is 22.1. The van der Waals surface area contributed by atoms with Crippen LogP contribution < -0.4 is 14.9 Å². The van der Waals surface area contributed by atoms with E-state index in [1.54, 1.807) is 17.7 Å². The number of aliphatic imine (C=N–C) groups is 1. The molecule has 2 aromatic rings. The van der Waals surface area contributed by atoms with Gasteiger partial charge in [0.05, 0.1) is 7.11 Å². The fourth-order valence-corrected chi connectivity index (χ4v) is 3.03. The van der Waals surface area contributed by atoms with Crippen LogP contribution in [-0.4, -0.2) is 22.5 Å². The summed E-state index contributed by atoms with van der Waals surface area (Å²) in [6, 6.07) is 3.56. The van der Waals surface area contributed by atoms with Crippen molar-refractivity contribution in [2.75, 3.05) is 7.11 Å². The molecule has 0 fully saturated rings. The summed E-state index contributed by atoms with van der Waals surface area (Å²) in [6.07, 6.45) is 1.65. The van der Waals surface area contributed by atoms with Gasteiger partial charge in [0, 0.05) is 19.0 Å². The first-order chi connectivity index (χ1) is 10.6. The summed E-state index contributed by atoms with van der Waals surface area (Å²) in [5, 5.41) is 0. The molecule has 0 N–H and O–H groups in total. The van der Waals surface area contributed by atoms with E-state index in [-0.39, 0.29) is 11.6 Å². The van der Waals surface area contributed by atoms with Gasteiger partial charge in [0.1, 0.15) is 5.52 Å². The number of hydrogen-bond acceptors (Lipinski definition) is 4. The number of rotatable bonds is 4. The van der Waals surface area contributed by atoms with Crippen LogP contribution in [0.15, 0.2) is 21.9 Å². The van der Waals surface area contributed by atoms with Gasteiger partial charge in [0.25, 0.3) is 17.1 Å². The number of aromatic nitrogens is 3. The van der Waals surface area contributed by atoms with Gasteiger partial charge in [-0.3, -0.25) is 4.79 Å². The molecule has 0 aromatic carbocycles. The van der Waals surface area contributed by atoms with Crippen molar-refractivity contribution in [3.05, 3.63) is 28.2 Å². The Morgan fingerprint density at radius 1 is 1.36 bits per heavy atom. The Hall–Kier alpha value is -2.24. The van der Waals surface area contributed by atoms with E-state index < -0.39 is 0 Å². The first-order valence-corrected chi connectivity index (χ1v) is 7.72. The monoisotopic (exact) mass is 301 g/mol. The Bertz CT molecular complexity index is 823. The van der Waals surface area contributed by atoms with Crippen LogP contribution >= 0.6 is 0 Å². The molecule has 116 valence electrons. The van der Waals surface area contributed by atoms with Crippen molar-refractivity contribution in [2.45, 2.75) is 46.2 Å². The fraction of sp³-hybridized carbons (Fsp3) is 0.500. The fourth-order valence-electron chi connectivity index (χ4n) is 3.03. The van der Waals surface area contributed by atoms with Gasteiger partial charge in [0.2, 0.25) is 5.84 Å². The van der Waals surface area contributed by atoms with Gasteiger partial charge in [-0.1, -0.05) is 18.8 Å². The lowest BCUT2D eigenvalue weighted by molar-refractivity contribution is -0.536. The van der Waals surface area contributed by atoms with Crippen LogP contribution in [0, 0.1) is 0 Å². The van der Waals surface area contributed by atoms with Gasteiger partial charge < -0.3 is 9.30 Å². The van der Waals surface area contributed by atoms with Crippen LogP contribution in [0.4, 0.5) is 0 Å². The molecule has 22 heavy (non-hydrogen) atoms. The van der Waals surface area contributed by atoms with Gasteiger partial charge in [0.15, 0.2) is 11.7 Å². The van der Waals surface area contributed by atoms with E-state index in [1.165, 1.54) is 0 Å². The summed E-state index contributed by atoms with van der Waals surface area (Å²) in [5.74, 6) is 1.42. The standard InChI is InChI=1S/C16H21N4O2/c1-5-9-19-11-7-8-13(22-4)18-15(11)20-12(6-2)17-10(3)14(20)16(19)21/h7-8,10H,5-6,9H2,1-4H3/q+1. The van der Waals surface area contributed by atoms with Crippen molar-refractivity contribution in [1.29, 1.82) is 0 Å². The number of methoxy groups -OCH3 is 1. The minimum Gasteiger partial charge on any atom is -0.469 e. The topological polar surface area (TPSA) is 60.4 Å². The van der Waals surface area contributed by atoms with Gasteiger partial charge in [-0.2, -0.15) is 4.57 Å². The third-order valence-corrected chi connectivity index (χ3v) is 4.01. The Morgan fingerprint density at radius 3 is 2.77 bits per heavy atom. The molecule has 6 nitrogen and oxygen atoms in total. The zero-order valence-corrected chi connectivity index (χ0v) is 13.5. The largest absolute Gasteiger partial charge is 0.469 e. The molecule has 3 rings (SSSR count). The molecule has 0 amide bonds. The lowest BCUT2D eigenvalue weighted by Crippen LogP contribution is -2.50. The van der Waals surface area contributed by atoms with Crippen LogP contribution in [0.1, 0.15) is 45.3 Å². The van der Waals surface area contributed by atoms with Crippen LogP contribution in [-0.2, 0) is 6.54 Å². The summed E-state index contributed by atoms with van der Waals surface area (Å²) >= 11 is 0. The van der Waals surface area contributed by atoms with E-state index in [4.69, 9.17) is 4.74 Å². The molecule has 0 saturated carbocycles. The molecule has 0 spiro atoms.